The first-order valence-corrected chi connectivity index (χ1v) is 11.1. The number of carbonyl (C=O) groups is 4. The van der Waals surface area contributed by atoms with Crippen molar-refractivity contribution in [3.8, 4) is 5.75 Å². The van der Waals surface area contributed by atoms with Gasteiger partial charge in [0.05, 0.1) is 12.6 Å². The number of benzene rings is 1. The van der Waals surface area contributed by atoms with E-state index in [1.807, 2.05) is 0 Å². The Balaban J connectivity index is 2.02. The Bertz CT molecular complexity index is 831. The molecule has 0 radical (unpaired) electrons. The van der Waals surface area contributed by atoms with Crippen molar-refractivity contribution in [1.29, 1.82) is 0 Å². The standard InChI is InChI=1S/C22H33N5O6/c23-10-2-1-4-16(24)20(30)25-13-19(29)26-17(12-14-6-8-15(28)9-7-14)21(31)27-11-3-5-18(27)22(32)33/h6-9,16-18,28H,1-5,10-13,23-24H2,(H,25,30)(H,26,29)(H,32,33). The monoisotopic (exact) mass is 463 g/mol. The summed E-state index contributed by atoms with van der Waals surface area (Å²) in [7, 11) is 0. The van der Waals surface area contributed by atoms with Crippen LogP contribution >= 0.6 is 0 Å². The van der Waals surface area contributed by atoms with Gasteiger partial charge in [0.25, 0.3) is 0 Å². The van der Waals surface area contributed by atoms with E-state index in [9.17, 15) is 29.4 Å². The number of likely N-dealkylation sites (tertiary alicyclic amines) is 1. The molecule has 11 nitrogen and oxygen atoms in total. The number of carbonyl (C=O) groups excluding carboxylic acids is 3. The zero-order valence-electron chi connectivity index (χ0n) is 18.5. The van der Waals surface area contributed by atoms with E-state index in [2.05, 4.69) is 10.6 Å². The number of unbranched alkanes of at least 4 members (excludes halogenated alkanes) is 1. The lowest BCUT2D eigenvalue weighted by Gasteiger charge is -2.27. The van der Waals surface area contributed by atoms with E-state index in [1.165, 1.54) is 17.0 Å². The number of aliphatic carboxylic acids is 1. The normalized spacial score (nSPS) is 17.3. The lowest BCUT2D eigenvalue weighted by molar-refractivity contribution is -0.149. The van der Waals surface area contributed by atoms with Crippen molar-refractivity contribution in [1.82, 2.24) is 15.5 Å². The van der Waals surface area contributed by atoms with E-state index in [0.717, 1.165) is 6.42 Å². The fourth-order valence-corrected chi connectivity index (χ4v) is 3.74. The van der Waals surface area contributed by atoms with E-state index in [1.54, 1.807) is 12.1 Å². The highest BCUT2D eigenvalue weighted by atomic mass is 16.4. The second kappa shape index (κ2) is 12.8. The molecule has 0 saturated carbocycles. The van der Waals surface area contributed by atoms with Gasteiger partial charge in [0.2, 0.25) is 17.7 Å². The molecule has 1 fully saturated rings. The number of aromatic hydroxyl groups is 1. The number of amides is 3. The summed E-state index contributed by atoms with van der Waals surface area (Å²) in [5.41, 5.74) is 11.9. The van der Waals surface area contributed by atoms with Crippen molar-refractivity contribution in [2.75, 3.05) is 19.6 Å². The van der Waals surface area contributed by atoms with Crippen LogP contribution in [0.5, 0.6) is 5.75 Å². The fraction of sp³-hybridized carbons (Fsp3) is 0.545. The maximum Gasteiger partial charge on any atom is 0.326 e. The van der Waals surface area contributed by atoms with Crippen molar-refractivity contribution in [3.63, 3.8) is 0 Å². The number of hydrogen-bond acceptors (Lipinski definition) is 7. The first-order chi connectivity index (χ1) is 15.7. The zero-order chi connectivity index (χ0) is 24.4. The number of hydrogen-bond donors (Lipinski definition) is 6. The minimum atomic E-state index is -1.09. The summed E-state index contributed by atoms with van der Waals surface area (Å²) < 4.78 is 0. The van der Waals surface area contributed by atoms with Crippen molar-refractivity contribution in [3.05, 3.63) is 29.8 Å². The molecule has 0 bridgehead atoms. The minimum Gasteiger partial charge on any atom is -0.508 e. The third-order valence-electron chi connectivity index (χ3n) is 5.56. The Labute approximate surface area is 192 Å². The van der Waals surface area contributed by atoms with Crippen LogP contribution in [-0.4, -0.2) is 76.6 Å². The van der Waals surface area contributed by atoms with Crippen LogP contribution < -0.4 is 22.1 Å². The molecule has 1 aromatic rings. The molecule has 3 unspecified atom stereocenters. The number of rotatable bonds is 12. The SMILES string of the molecule is NCCCCC(N)C(=O)NCC(=O)NC(Cc1ccc(O)cc1)C(=O)N1CCCC1C(=O)O. The Kier molecular flexibility index (Phi) is 10.1. The highest BCUT2D eigenvalue weighted by Gasteiger charge is 2.37. The average molecular weight is 464 g/mol. The summed E-state index contributed by atoms with van der Waals surface area (Å²) in [5, 5.41) is 24.0. The number of phenolic OH excluding ortho intramolecular Hbond substituents is 1. The Morgan fingerprint density at radius 1 is 1.15 bits per heavy atom. The predicted molar refractivity (Wildman–Crippen MR) is 120 cm³/mol. The Hall–Kier alpha value is -3.18. The third kappa shape index (κ3) is 8.03. The average Bonchev–Trinajstić information content (AvgIpc) is 3.28. The van der Waals surface area contributed by atoms with Gasteiger partial charge in [0, 0.05) is 13.0 Å². The van der Waals surface area contributed by atoms with Crippen LogP contribution in [0.3, 0.4) is 0 Å². The molecule has 0 aliphatic carbocycles. The van der Waals surface area contributed by atoms with Crippen molar-refractivity contribution in [2.45, 2.75) is 56.7 Å². The van der Waals surface area contributed by atoms with Gasteiger partial charge in [-0.25, -0.2) is 4.79 Å². The van der Waals surface area contributed by atoms with Crippen molar-refractivity contribution < 1.29 is 29.4 Å². The van der Waals surface area contributed by atoms with Gasteiger partial charge in [-0.3, -0.25) is 14.4 Å². The number of carboxylic acids is 1. The highest BCUT2D eigenvalue weighted by Crippen LogP contribution is 2.20. The summed E-state index contributed by atoms with van der Waals surface area (Å²) in [6.07, 6.45) is 2.88. The van der Waals surface area contributed by atoms with Gasteiger partial charge in [-0.15, -0.1) is 0 Å². The smallest absolute Gasteiger partial charge is 0.326 e. The van der Waals surface area contributed by atoms with Crippen LogP contribution in [-0.2, 0) is 25.6 Å². The molecule has 0 aromatic heterocycles. The lowest BCUT2D eigenvalue weighted by Crippen LogP contribution is -2.54. The van der Waals surface area contributed by atoms with Gasteiger partial charge in [-0.2, -0.15) is 0 Å². The van der Waals surface area contributed by atoms with Crippen LogP contribution in [0.2, 0.25) is 0 Å². The molecule has 8 N–H and O–H groups in total. The Morgan fingerprint density at radius 3 is 2.48 bits per heavy atom. The zero-order valence-corrected chi connectivity index (χ0v) is 18.5. The topological polar surface area (TPSA) is 188 Å². The van der Waals surface area contributed by atoms with Crippen LogP contribution in [0, 0.1) is 0 Å². The van der Waals surface area contributed by atoms with Gasteiger partial charge in [-0.1, -0.05) is 18.6 Å². The van der Waals surface area contributed by atoms with Crippen molar-refractivity contribution >= 4 is 23.7 Å². The number of carboxylic acid groups (broad SMARTS) is 1. The molecule has 33 heavy (non-hydrogen) atoms. The maximum atomic E-state index is 13.1. The second-order valence-corrected chi connectivity index (χ2v) is 8.13. The fourth-order valence-electron chi connectivity index (χ4n) is 3.74. The molecule has 11 heteroatoms. The van der Waals surface area contributed by atoms with Gasteiger partial charge in [-0.05, 0) is 49.9 Å². The van der Waals surface area contributed by atoms with Crippen LogP contribution in [0.4, 0.5) is 0 Å². The largest absolute Gasteiger partial charge is 0.508 e. The molecule has 0 spiro atoms. The molecule has 2 rings (SSSR count). The molecule has 1 aromatic carbocycles. The molecule has 3 amide bonds. The first-order valence-electron chi connectivity index (χ1n) is 11.1. The van der Waals surface area contributed by atoms with E-state index in [4.69, 9.17) is 11.5 Å². The Morgan fingerprint density at radius 2 is 1.85 bits per heavy atom. The van der Waals surface area contributed by atoms with E-state index in [0.29, 0.717) is 37.8 Å². The summed E-state index contributed by atoms with van der Waals surface area (Å²) in [4.78, 5) is 50.5. The van der Waals surface area contributed by atoms with Crippen LogP contribution in [0.15, 0.2) is 24.3 Å². The molecular formula is C22H33N5O6. The summed E-state index contributed by atoms with van der Waals surface area (Å²) in [6.45, 7) is 0.421. The molecular weight excluding hydrogens is 430 g/mol. The number of phenols is 1. The quantitative estimate of drug-likeness (QED) is 0.214. The van der Waals surface area contributed by atoms with E-state index >= 15 is 0 Å². The van der Waals surface area contributed by atoms with Crippen LogP contribution in [0.25, 0.3) is 0 Å². The number of nitrogens with two attached hydrogens (primary N) is 2. The lowest BCUT2D eigenvalue weighted by atomic mass is 10.0. The minimum absolute atomic E-state index is 0.0571. The summed E-state index contributed by atoms with van der Waals surface area (Å²) in [6, 6.07) is 3.41. The second-order valence-electron chi connectivity index (χ2n) is 8.13. The molecule has 1 aliphatic heterocycles. The van der Waals surface area contributed by atoms with Gasteiger partial charge in [0.1, 0.15) is 17.8 Å². The van der Waals surface area contributed by atoms with Crippen molar-refractivity contribution in [2.24, 2.45) is 11.5 Å². The third-order valence-corrected chi connectivity index (χ3v) is 5.56. The van der Waals surface area contributed by atoms with Gasteiger partial charge >= 0.3 is 5.97 Å². The molecule has 1 saturated heterocycles. The number of nitrogens with zero attached hydrogens (tertiary/aromatic N) is 1. The molecule has 1 heterocycles. The summed E-state index contributed by atoms with van der Waals surface area (Å²) >= 11 is 0. The predicted octanol–water partition coefficient (Wildman–Crippen LogP) is -0.932. The molecule has 3 atom stereocenters. The molecule has 1 aliphatic rings. The van der Waals surface area contributed by atoms with E-state index in [-0.39, 0.29) is 25.3 Å². The van der Waals surface area contributed by atoms with Crippen LogP contribution in [0.1, 0.15) is 37.7 Å². The molecule has 182 valence electrons. The summed E-state index contributed by atoms with van der Waals surface area (Å²) in [5.74, 6) is -2.62. The van der Waals surface area contributed by atoms with E-state index < -0.39 is 41.8 Å². The van der Waals surface area contributed by atoms with Gasteiger partial charge in [0.15, 0.2) is 0 Å². The van der Waals surface area contributed by atoms with Gasteiger partial charge < -0.3 is 37.2 Å². The number of nitrogens with one attached hydrogen (secondary N) is 2. The maximum absolute atomic E-state index is 13.1. The first kappa shape index (κ1) is 26.1. The highest BCUT2D eigenvalue weighted by molar-refractivity contribution is 5.93.